The Bertz CT molecular complexity index is 2400. The number of likely N-dealkylation sites (N-methyl/N-ethyl adjacent to an activating group) is 1. The average molecular weight is 1060 g/mol. The van der Waals surface area contributed by atoms with Crippen molar-refractivity contribution < 1.29 is 53.3 Å². The van der Waals surface area contributed by atoms with Crippen molar-refractivity contribution in [3.8, 4) is 0 Å². The van der Waals surface area contributed by atoms with Crippen LogP contribution in [0, 0.1) is 0 Å². The number of urea groups is 1. The first-order chi connectivity index (χ1) is 35.7. The van der Waals surface area contributed by atoms with Gasteiger partial charge in [0.25, 0.3) is 5.91 Å². The van der Waals surface area contributed by atoms with E-state index in [2.05, 4.69) is 26.3 Å². The highest BCUT2D eigenvalue weighted by atomic mass is 32.2. The SMILES string of the molecule is CCCN(CC[C@H](N)C(=O)O)C[C@H]1O[C@@H](N(C)C(N=C(OC)c2ccc(C(=O)NCCCOCCCNC(=O)CCCC[C@H]3SC[C@@H]4NC(=O)N[C@@H]43)cc2P(=O)(c2ccccc2)c2ccccc2)=NC)[C@@H](O)C1O. The van der Waals surface area contributed by atoms with Crippen LogP contribution < -0.4 is 42.9 Å². The highest BCUT2D eigenvalue weighted by molar-refractivity contribution is 8.00. The predicted octanol–water partition coefficient (Wildman–Crippen LogP) is 1.97. The quantitative estimate of drug-likeness (QED) is 0.0178. The van der Waals surface area contributed by atoms with Crippen LogP contribution in [-0.4, -0.2) is 182 Å². The van der Waals surface area contributed by atoms with E-state index in [9.17, 15) is 34.5 Å². The van der Waals surface area contributed by atoms with Crippen LogP contribution in [0.15, 0.2) is 88.8 Å². The van der Waals surface area contributed by atoms with E-state index >= 15 is 4.57 Å². The number of hydrogen-bond donors (Lipinski definition) is 8. The number of ether oxygens (including phenoxy) is 3. The van der Waals surface area contributed by atoms with E-state index in [0.717, 1.165) is 31.4 Å². The summed E-state index contributed by atoms with van der Waals surface area (Å²) >= 11 is 1.88. The van der Waals surface area contributed by atoms with E-state index in [1.165, 1.54) is 19.1 Å². The van der Waals surface area contributed by atoms with Crippen molar-refractivity contribution in [3.05, 3.63) is 90.0 Å². The van der Waals surface area contributed by atoms with E-state index in [0.29, 0.717) is 80.1 Å². The molecule has 404 valence electrons. The number of rotatable bonds is 27. The number of methoxy groups -OCH3 is 1. The van der Waals surface area contributed by atoms with Gasteiger partial charge in [0.15, 0.2) is 13.4 Å². The first-order valence-electron chi connectivity index (χ1n) is 25.4. The van der Waals surface area contributed by atoms with Crippen LogP contribution in [0.2, 0.25) is 0 Å². The smallest absolute Gasteiger partial charge is 0.320 e. The number of fused-ring (bicyclic) bond motifs is 1. The molecule has 3 heterocycles. The van der Waals surface area contributed by atoms with Crippen LogP contribution in [0.5, 0.6) is 0 Å². The van der Waals surface area contributed by atoms with Crippen LogP contribution in [-0.2, 0) is 28.4 Å². The minimum Gasteiger partial charge on any atom is -0.480 e. The number of carboxylic acid groups (broad SMARTS) is 1. The van der Waals surface area contributed by atoms with Gasteiger partial charge >= 0.3 is 12.0 Å². The number of nitrogens with one attached hydrogen (secondary N) is 4. The molecule has 8 atom stereocenters. The van der Waals surface area contributed by atoms with E-state index in [-0.39, 0.29) is 59.7 Å². The zero-order valence-corrected chi connectivity index (χ0v) is 44.5. The lowest BCUT2D eigenvalue weighted by atomic mass is 10.0. The molecular weight excluding hydrogens is 990 g/mol. The summed E-state index contributed by atoms with van der Waals surface area (Å²) in [5.41, 5.74) is 6.33. The van der Waals surface area contributed by atoms with Crippen molar-refractivity contribution in [3.63, 3.8) is 0 Å². The molecule has 0 radical (unpaired) electrons. The number of nitrogens with zero attached hydrogens (tertiary/aromatic N) is 4. The van der Waals surface area contributed by atoms with Gasteiger partial charge in [-0.1, -0.05) is 74.0 Å². The fraction of sp³-hybridized carbons (Fsp3) is 0.538. The third-order valence-corrected chi connectivity index (χ3v) is 18.0. The number of aliphatic imine (C=N–C) groups is 2. The number of nitrogens with two attached hydrogens (primary N) is 1. The van der Waals surface area contributed by atoms with Gasteiger partial charge in [0.05, 0.1) is 19.2 Å². The Morgan fingerprint density at radius 2 is 1.62 bits per heavy atom. The number of benzene rings is 3. The summed E-state index contributed by atoms with van der Waals surface area (Å²) < 4.78 is 34.0. The van der Waals surface area contributed by atoms with Crippen LogP contribution in [0.3, 0.4) is 0 Å². The molecule has 3 aliphatic rings. The zero-order chi connectivity index (χ0) is 53.2. The first-order valence-corrected chi connectivity index (χ1v) is 28.2. The Morgan fingerprint density at radius 3 is 2.26 bits per heavy atom. The lowest BCUT2D eigenvalue weighted by molar-refractivity contribution is -0.138. The third kappa shape index (κ3) is 15.1. The molecule has 1 unspecified atom stereocenters. The molecule has 22 heteroatoms. The van der Waals surface area contributed by atoms with Gasteiger partial charge in [-0.05, 0) is 63.3 Å². The number of thioether (sulfide) groups is 1. The van der Waals surface area contributed by atoms with Gasteiger partial charge in [-0.3, -0.25) is 19.4 Å². The normalized spacial score (nSPS) is 22.2. The van der Waals surface area contributed by atoms with Gasteiger partial charge < -0.3 is 70.9 Å². The minimum absolute atomic E-state index is 0.00345. The van der Waals surface area contributed by atoms with Crippen molar-refractivity contribution in [2.24, 2.45) is 15.7 Å². The molecule has 3 fully saturated rings. The number of carbonyl (C=O) groups excluding carboxylic acids is 3. The molecule has 0 spiro atoms. The summed E-state index contributed by atoms with van der Waals surface area (Å²) in [6.45, 7) is 4.75. The topological polar surface area (TPSA) is 279 Å². The molecule has 0 aromatic heterocycles. The Kier molecular flexibility index (Phi) is 22.3. The summed E-state index contributed by atoms with van der Waals surface area (Å²) in [4.78, 5) is 61.9. The highest BCUT2D eigenvalue weighted by Gasteiger charge is 2.46. The van der Waals surface area contributed by atoms with Crippen LogP contribution in [0.1, 0.15) is 74.2 Å². The molecule has 74 heavy (non-hydrogen) atoms. The highest BCUT2D eigenvalue weighted by Crippen LogP contribution is 2.44. The molecule has 3 saturated heterocycles. The van der Waals surface area contributed by atoms with Crippen LogP contribution >= 0.6 is 18.9 Å². The van der Waals surface area contributed by atoms with Gasteiger partial charge in [-0.25, -0.2) is 4.79 Å². The number of aliphatic hydroxyl groups excluding tert-OH is 2. The molecule has 3 aromatic rings. The maximum atomic E-state index is 16.0. The molecule has 4 amide bonds. The largest absolute Gasteiger partial charge is 0.480 e. The molecule has 3 aromatic carbocycles. The fourth-order valence-electron chi connectivity index (χ4n) is 9.38. The Morgan fingerprint density at radius 1 is 0.946 bits per heavy atom. The van der Waals surface area contributed by atoms with Gasteiger partial charge in [-0.15, -0.1) is 0 Å². The second-order valence-corrected chi connectivity index (χ2v) is 22.6. The molecule has 0 bridgehead atoms. The third-order valence-electron chi connectivity index (χ3n) is 13.4. The number of carbonyl (C=O) groups is 4. The van der Waals surface area contributed by atoms with Gasteiger partial charge in [0, 0.05) is 98.0 Å². The summed E-state index contributed by atoms with van der Waals surface area (Å²) in [5, 5.41) is 45.4. The minimum atomic E-state index is -3.78. The molecular formula is C52H74N9O11PS. The van der Waals surface area contributed by atoms with Crippen LogP contribution in [0.4, 0.5) is 4.79 Å². The molecule has 0 aliphatic carbocycles. The fourth-order valence-corrected chi connectivity index (χ4v) is 13.8. The summed E-state index contributed by atoms with van der Waals surface area (Å²) in [6, 6.07) is 22.1. The standard InChI is InChI=1S/C52H74N9O11PS/c1-5-27-61(28-24-38(53)50(66)67)32-40-45(63)46(64)49(72-40)60(3)51(54-2)59-48(70-4)37-23-22-34(31-41(37)73(69,35-16-8-6-9-17-35)36-18-10-7-11-19-36)47(65)56-26-15-30-71-29-14-25-55-43(62)21-13-12-20-42-44-39(33-74-42)57-52(68)58-44/h6-11,16-19,22-23,31,38-40,42,44-46,49,63-64H,5,12-15,20-21,24-30,32-33,53H2,1-4H3,(H,55,62)(H,56,65)(H,66,67)(H2,57,58,68)/t38-,39-,40+,42+,44-,45?,46-,49+/m0/s1. The monoisotopic (exact) mass is 1060 g/mol. The molecule has 9 N–H and O–H groups in total. The zero-order valence-electron chi connectivity index (χ0n) is 42.8. The lowest BCUT2D eigenvalue weighted by Gasteiger charge is -2.29. The van der Waals surface area contributed by atoms with Crippen LogP contribution in [0.25, 0.3) is 0 Å². The van der Waals surface area contributed by atoms with Gasteiger partial charge in [-0.2, -0.15) is 16.8 Å². The number of aliphatic carboxylic acids is 1. The second kappa shape index (κ2) is 28.5. The number of hydrogen-bond acceptors (Lipinski definition) is 14. The second-order valence-electron chi connectivity index (χ2n) is 18.6. The number of aliphatic hydroxyl groups is 2. The molecule has 6 rings (SSSR count). The number of unbranched alkanes of at least 4 members (excludes halogenated alkanes) is 1. The Balaban J connectivity index is 1.08. The Labute approximate surface area is 438 Å². The van der Waals surface area contributed by atoms with Gasteiger partial charge in [0.2, 0.25) is 17.8 Å². The van der Waals surface area contributed by atoms with Crippen molar-refractivity contribution in [1.29, 1.82) is 0 Å². The number of guanidine groups is 1. The maximum Gasteiger partial charge on any atom is 0.320 e. The van der Waals surface area contributed by atoms with Crippen molar-refractivity contribution in [2.45, 2.75) is 106 Å². The average Bonchev–Trinajstić information content (AvgIpc) is 4.06. The predicted molar refractivity (Wildman–Crippen MR) is 287 cm³/mol. The van der Waals surface area contributed by atoms with E-state index in [1.807, 2.05) is 35.7 Å². The summed E-state index contributed by atoms with van der Waals surface area (Å²) in [6.07, 6.45) is 0.604. The van der Waals surface area contributed by atoms with Crippen molar-refractivity contribution in [1.82, 2.24) is 31.1 Å². The summed E-state index contributed by atoms with van der Waals surface area (Å²) in [5.74, 6) is -0.517. The molecule has 3 aliphatic heterocycles. The van der Waals surface area contributed by atoms with Crippen molar-refractivity contribution in [2.75, 3.05) is 72.9 Å². The van der Waals surface area contributed by atoms with Crippen molar-refractivity contribution >= 4 is 70.5 Å². The van der Waals surface area contributed by atoms with E-state index < -0.39 is 49.6 Å². The maximum absolute atomic E-state index is 16.0. The Hall–Kier alpha value is -5.38. The lowest BCUT2D eigenvalue weighted by Crippen LogP contribution is -2.45. The van der Waals surface area contributed by atoms with E-state index in [4.69, 9.17) is 24.9 Å². The van der Waals surface area contributed by atoms with Gasteiger partial charge in [0.1, 0.15) is 24.4 Å². The van der Waals surface area contributed by atoms with E-state index in [1.54, 1.807) is 73.8 Å². The number of amides is 4. The molecule has 0 saturated carbocycles. The first kappa shape index (κ1) is 57.9. The summed E-state index contributed by atoms with van der Waals surface area (Å²) in [7, 11) is 0.731. The number of carboxylic acids is 1. The molecule has 20 nitrogen and oxygen atoms in total.